The molecular weight excluding hydrogens is 447 g/mol. The summed E-state index contributed by atoms with van der Waals surface area (Å²) < 4.78 is 0. The Hall–Kier alpha value is -1.39. The third kappa shape index (κ3) is 13.6. The van der Waals surface area contributed by atoms with Crippen LogP contribution in [-0.2, 0) is 21.1 Å². The summed E-state index contributed by atoms with van der Waals surface area (Å²) in [5.74, 6) is 0. The first-order valence-corrected chi connectivity index (χ1v) is 7.52. The van der Waals surface area contributed by atoms with Gasteiger partial charge in [0.25, 0.3) is 0 Å². The Kier molecular flexibility index (Phi) is 15.0. The predicted molar refractivity (Wildman–Crippen MR) is 91.9 cm³/mol. The summed E-state index contributed by atoms with van der Waals surface area (Å²) in [7, 11) is 0. The first kappa shape index (κ1) is 20.6. The molecule has 0 spiro atoms. The van der Waals surface area contributed by atoms with Crippen LogP contribution in [0, 0.1) is 12.1 Å². The Bertz CT molecular complexity index is 401. The zero-order valence-electron chi connectivity index (χ0n) is 13.2. The zero-order valence-corrected chi connectivity index (χ0v) is 15.4. The molecule has 0 aromatic heterocycles. The van der Waals surface area contributed by atoms with Crippen molar-refractivity contribution in [3.05, 3.63) is 96.6 Å². The number of benzene rings is 2. The molecule has 0 bridgehead atoms. The van der Waals surface area contributed by atoms with Crippen molar-refractivity contribution in [3.63, 3.8) is 0 Å². The smallest absolute Gasteiger partial charge is 0.184 e. The van der Waals surface area contributed by atoms with Crippen molar-refractivity contribution in [2.24, 2.45) is 0 Å². The average Bonchev–Trinajstić information content (AvgIpc) is 2.56. The molecule has 2 aromatic carbocycles. The number of allylic oxidation sites excluding steroid dienone is 4. The number of rotatable bonds is 0. The topological polar surface area (TPSA) is 0 Å². The van der Waals surface area contributed by atoms with Gasteiger partial charge in [-0.2, -0.15) is 72.8 Å². The van der Waals surface area contributed by atoms with E-state index in [-0.39, 0.29) is 21.1 Å². The van der Waals surface area contributed by atoms with Crippen molar-refractivity contribution in [1.82, 2.24) is 0 Å². The van der Waals surface area contributed by atoms with E-state index in [9.17, 15) is 0 Å². The minimum atomic E-state index is 0. The molecule has 0 atom stereocenters. The maximum Gasteiger partial charge on any atom is 2.00 e. The van der Waals surface area contributed by atoms with Crippen LogP contribution in [0.2, 0.25) is 0 Å². The van der Waals surface area contributed by atoms with Crippen LogP contribution >= 0.6 is 0 Å². The molecule has 0 aliphatic heterocycles. The van der Waals surface area contributed by atoms with E-state index in [2.05, 4.69) is 37.3 Å². The molecule has 0 unspecified atom stereocenters. The van der Waals surface area contributed by atoms with Crippen molar-refractivity contribution in [2.75, 3.05) is 0 Å². The van der Waals surface area contributed by atoms with Gasteiger partial charge in [0, 0.05) is 0 Å². The normalized spacial score (nSPS) is 16.5. The largest absolute Gasteiger partial charge is 2.00 e. The summed E-state index contributed by atoms with van der Waals surface area (Å²) in [6.07, 6.45) is 11.9. The molecule has 2 aromatic rings. The molecule has 1 heteroatoms. The third-order valence-corrected chi connectivity index (χ3v) is 2.91. The van der Waals surface area contributed by atoms with Crippen LogP contribution in [0.1, 0.15) is 32.6 Å². The van der Waals surface area contributed by atoms with Crippen LogP contribution in [0.5, 0.6) is 0 Å². The summed E-state index contributed by atoms with van der Waals surface area (Å²) in [5.41, 5.74) is 1.55. The second-order valence-electron chi connectivity index (χ2n) is 4.79. The molecule has 118 valence electrons. The summed E-state index contributed by atoms with van der Waals surface area (Å²) in [6.45, 7) is 2.22. The van der Waals surface area contributed by atoms with E-state index in [4.69, 9.17) is 0 Å². The van der Waals surface area contributed by atoms with Gasteiger partial charge in [-0.1, -0.05) is 23.8 Å². The van der Waals surface area contributed by atoms with Gasteiger partial charge in [-0.05, 0) is 32.6 Å². The number of hydrogen-bond acceptors (Lipinski definition) is 0. The minimum Gasteiger partial charge on any atom is -0.184 e. The number of hydrogen-bond donors (Lipinski definition) is 0. The second-order valence-corrected chi connectivity index (χ2v) is 4.79. The summed E-state index contributed by atoms with van der Waals surface area (Å²) in [6, 6.07) is 25.0. The summed E-state index contributed by atoms with van der Waals surface area (Å²) >= 11 is 0. The Morgan fingerprint density at radius 2 is 1.18 bits per heavy atom. The third-order valence-electron chi connectivity index (χ3n) is 2.91. The van der Waals surface area contributed by atoms with Crippen molar-refractivity contribution < 1.29 is 21.1 Å². The maximum absolute atomic E-state index is 2.89. The van der Waals surface area contributed by atoms with Gasteiger partial charge >= 0.3 is 21.1 Å². The van der Waals surface area contributed by atoms with Gasteiger partial charge in [0.2, 0.25) is 0 Å². The van der Waals surface area contributed by atoms with Gasteiger partial charge in [0.05, 0.1) is 0 Å². The van der Waals surface area contributed by atoms with E-state index < -0.39 is 0 Å². The molecule has 0 nitrogen and oxygen atoms in total. The summed E-state index contributed by atoms with van der Waals surface area (Å²) in [4.78, 5) is 0. The first-order valence-electron chi connectivity index (χ1n) is 7.52. The first-order chi connectivity index (χ1) is 10.4. The van der Waals surface area contributed by atoms with Crippen molar-refractivity contribution in [3.8, 4) is 0 Å². The van der Waals surface area contributed by atoms with E-state index in [0.29, 0.717) is 0 Å². The fourth-order valence-corrected chi connectivity index (χ4v) is 1.76. The van der Waals surface area contributed by atoms with Crippen LogP contribution in [0.3, 0.4) is 0 Å². The summed E-state index contributed by atoms with van der Waals surface area (Å²) in [5, 5.41) is 0. The Balaban J connectivity index is 0.000000303. The molecule has 0 fully saturated rings. The maximum atomic E-state index is 2.89. The van der Waals surface area contributed by atoms with Crippen LogP contribution in [-0.4, -0.2) is 0 Å². The SMILES string of the molecule is C/C1=C/CC/C=C\CC1.[Pt+2].[c-]1ccccc1.[c-]1ccccc1. The van der Waals surface area contributed by atoms with E-state index in [1.54, 1.807) is 5.57 Å². The van der Waals surface area contributed by atoms with Crippen molar-refractivity contribution >= 4 is 0 Å². The Morgan fingerprint density at radius 1 is 0.682 bits per heavy atom. The Morgan fingerprint density at radius 3 is 1.59 bits per heavy atom. The molecule has 22 heavy (non-hydrogen) atoms. The van der Waals surface area contributed by atoms with Crippen molar-refractivity contribution in [1.29, 1.82) is 0 Å². The van der Waals surface area contributed by atoms with Crippen LogP contribution < -0.4 is 0 Å². The van der Waals surface area contributed by atoms with E-state index >= 15 is 0 Å². The molecule has 0 N–H and O–H groups in total. The fourth-order valence-electron chi connectivity index (χ4n) is 1.76. The average molecular weight is 472 g/mol. The van der Waals surface area contributed by atoms with Gasteiger partial charge in [-0.3, -0.25) is 0 Å². The molecule has 1 aliphatic carbocycles. The molecular formula is C21H24Pt. The zero-order chi connectivity index (χ0) is 15.0. The fraction of sp³-hybridized carbons (Fsp3) is 0.238. The van der Waals surface area contributed by atoms with Gasteiger partial charge in [0.1, 0.15) is 0 Å². The molecule has 0 saturated heterocycles. The standard InChI is InChI=1S/C9H14.2C6H5.Pt/c1-9-7-5-3-2-4-6-8-9;2*1-2-4-6-5-3-1;/h2-3,8H,4-7H2,1H3;2*1-5H;/q;2*-1;+2/b3-2-,9-8-;;;. The van der Waals surface area contributed by atoms with Crippen LogP contribution in [0.25, 0.3) is 0 Å². The molecule has 0 heterocycles. The van der Waals surface area contributed by atoms with E-state index in [1.807, 2.05) is 60.7 Å². The monoisotopic (exact) mass is 471 g/mol. The molecule has 0 amide bonds. The Labute approximate surface area is 150 Å². The molecule has 1 aliphatic rings. The van der Waals surface area contributed by atoms with E-state index in [0.717, 1.165) is 0 Å². The van der Waals surface area contributed by atoms with Gasteiger partial charge < -0.3 is 0 Å². The minimum absolute atomic E-state index is 0. The molecule has 0 saturated carbocycles. The quantitative estimate of drug-likeness (QED) is 0.325. The van der Waals surface area contributed by atoms with Crippen molar-refractivity contribution in [2.45, 2.75) is 32.6 Å². The second kappa shape index (κ2) is 16.0. The van der Waals surface area contributed by atoms with Gasteiger partial charge in [-0.25, -0.2) is 0 Å². The molecule has 3 rings (SSSR count). The van der Waals surface area contributed by atoms with Crippen LogP contribution in [0.4, 0.5) is 0 Å². The van der Waals surface area contributed by atoms with Gasteiger partial charge in [-0.15, -0.1) is 0 Å². The van der Waals surface area contributed by atoms with Crippen LogP contribution in [0.15, 0.2) is 84.5 Å². The van der Waals surface area contributed by atoms with Gasteiger partial charge in [0.15, 0.2) is 0 Å². The van der Waals surface area contributed by atoms with E-state index in [1.165, 1.54) is 25.7 Å². The molecule has 0 radical (unpaired) electrons. The predicted octanol–water partition coefficient (Wildman–Crippen LogP) is 6.03.